The van der Waals surface area contributed by atoms with Crippen LogP contribution in [-0.2, 0) is 17.0 Å². The molecule has 2 N–H and O–H groups in total. The van der Waals surface area contributed by atoms with Gasteiger partial charge in [0, 0.05) is 11.2 Å². The SMILES string of the molecule is OB1OCc2ccc(NC(=S)SCc3ccccc3)c(Cl)c21. The summed E-state index contributed by atoms with van der Waals surface area (Å²) in [5.74, 6) is 0.793. The molecule has 2 aromatic rings. The third-order valence-corrected chi connectivity index (χ3v) is 5.07. The molecule has 0 unspecified atom stereocenters. The summed E-state index contributed by atoms with van der Waals surface area (Å²) >= 11 is 13.2. The maximum atomic E-state index is 9.80. The van der Waals surface area contributed by atoms with Crippen molar-refractivity contribution >= 4 is 58.2 Å². The monoisotopic (exact) mass is 349 g/mol. The van der Waals surface area contributed by atoms with E-state index in [0.717, 1.165) is 11.3 Å². The van der Waals surface area contributed by atoms with E-state index in [0.29, 0.717) is 27.1 Å². The van der Waals surface area contributed by atoms with Crippen LogP contribution in [0, 0.1) is 0 Å². The van der Waals surface area contributed by atoms with Crippen LogP contribution in [0.4, 0.5) is 5.69 Å². The number of thiocarbonyl (C=S) groups is 1. The van der Waals surface area contributed by atoms with Gasteiger partial charge < -0.3 is 15.0 Å². The van der Waals surface area contributed by atoms with Gasteiger partial charge in [0.2, 0.25) is 0 Å². The fourth-order valence-electron chi connectivity index (χ4n) is 2.24. The van der Waals surface area contributed by atoms with Gasteiger partial charge in [-0.25, -0.2) is 0 Å². The van der Waals surface area contributed by atoms with Gasteiger partial charge in [0.1, 0.15) is 4.32 Å². The minimum Gasteiger partial charge on any atom is -0.423 e. The molecular weight excluding hydrogens is 337 g/mol. The molecule has 0 atom stereocenters. The van der Waals surface area contributed by atoms with Crippen molar-refractivity contribution < 1.29 is 9.68 Å². The van der Waals surface area contributed by atoms with Crippen LogP contribution in [0.1, 0.15) is 11.1 Å². The van der Waals surface area contributed by atoms with Crippen LogP contribution >= 0.6 is 35.6 Å². The van der Waals surface area contributed by atoms with Gasteiger partial charge in [0.15, 0.2) is 0 Å². The number of thioether (sulfide) groups is 1. The van der Waals surface area contributed by atoms with Crippen LogP contribution in [0.5, 0.6) is 0 Å². The quantitative estimate of drug-likeness (QED) is 0.658. The van der Waals surface area contributed by atoms with Crippen LogP contribution in [0.3, 0.4) is 0 Å². The molecule has 7 heteroatoms. The Morgan fingerprint density at radius 1 is 1.32 bits per heavy atom. The average Bonchev–Trinajstić information content (AvgIpc) is 2.91. The Hall–Kier alpha value is -1.05. The summed E-state index contributed by atoms with van der Waals surface area (Å²) in [5, 5.41) is 13.4. The van der Waals surface area contributed by atoms with Crippen LogP contribution in [0.25, 0.3) is 0 Å². The molecule has 2 aromatic carbocycles. The molecule has 0 fully saturated rings. The molecule has 22 heavy (non-hydrogen) atoms. The van der Waals surface area contributed by atoms with Crippen molar-refractivity contribution in [3.8, 4) is 0 Å². The molecule has 1 heterocycles. The van der Waals surface area contributed by atoms with E-state index < -0.39 is 7.12 Å². The van der Waals surface area contributed by atoms with Gasteiger partial charge in [0.25, 0.3) is 0 Å². The molecule has 0 bridgehead atoms. The highest BCUT2D eigenvalue weighted by Gasteiger charge is 2.31. The van der Waals surface area contributed by atoms with Gasteiger partial charge >= 0.3 is 7.12 Å². The van der Waals surface area contributed by atoms with Gasteiger partial charge in [-0.1, -0.05) is 72.0 Å². The number of benzene rings is 2. The number of fused-ring (bicyclic) bond motifs is 1. The molecule has 0 radical (unpaired) electrons. The highest BCUT2D eigenvalue weighted by molar-refractivity contribution is 8.22. The van der Waals surface area contributed by atoms with E-state index in [1.54, 1.807) is 0 Å². The van der Waals surface area contributed by atoms with Crippen molar-refractivity contribution in [3.05, 3.63) is 58.6 Å². The standard InChI is InChI=1S/C15H13BClNO2S2/c17-14-12(7-6-11-8-20-16(19)13(11)14)18-15(21)22-9-10-4-2-1-3-5-10/h1-7,19H,8-9H2,(H,18,21). The lowest BCUT2D eigenvalue weighted by molar-refractivity contribution is 0.275. The van der Waals surface area contributed by atoms with Crippen LogP contribution in [0.2, 0.25) is 5.02 Å². The summed E-state index contributed by atoms with van der Waals surface area (Å²) in [6, 6.07) is 13.9. The molecular formula is C15H13BClNO2S2. The highest BCUT2D eigenvalue weighted by atomic mass is 35.5. The van der Waals surface area contributed by atoms with Crippen LogP contribution in [0.15, 0.2) is 42.5 Å². The average molecular weight is 350 g/mol. The summed E-state index contributed by atoms with van der Waals surface area (Å²) in [7, 11) is -0.963. The third-order valence-electron chi connectivity index (χ3n) is 3.36. The Morgan fingerprint density at radius 2 is 2.09 bits per heavy atom. The fraction of sp³-hybridized carbons (Fsp3) is 0.133. The first-order valence-corrected chi connectivity index (χ1v) is 8.51. The predicted octanol–water partition coefficient (Wildman–Crippen LogP) is 3.19. The van der Waals surface area contributed by atoms with Gasteiger partial charge in [-0.2, -0.15) is 0 Å². The van der Waals surface area contributed by atoms with E-state index >= 15 is 0 Å². The van der Waals surface area contributed by atoms with Crippen molar-refractivity contribution in [1.29, 1.82) is 0 Å². The van der Waals surface area contributed by atoms with Crippen LogP contribution in [-0.4, -0.2) is 16.5 Å². The maximum Gasteiger partial charge on any atom is 0.493 e. The molecule has 0 aliphatic carbocycles. The summed E-state index contributed by atoms with van der Waals surface area (Å²) < 4.78 is 5.81. The summed E-state index contributed by atoms with van der Waals surface area (Å²) in [4.78, 5) is 0. The van der Waals surface area contributed by atoms with Gasteiger partial charge in [-0.15, -0.1) is 0 Å². The second kappa shape index (κ2) is 7.02. The smallest absolute Gasteiger partial charge is 0.423 e. The van der Waals surface area contributed by atoms with Crippen molar-refractivity contribution in [2.24, 2.45) is 0 Å². The van der Waals surface area contributed by atoms with Crippen molar-refractivity contribution in [2.75, 3.05) is 5.32 Å². The minimum atomic E-state index is -0.963. The Morgan fingerprint density at radius 3 is 2.86 bits per heavy atom. The number of halogens is 1. The normalized spacial score (nSPS) is 13.1. The summed E-state index contributed by atoms with van der Waals surface area (Å²) in [5.41, 5.74) is 3.43. The Kier molecular flexibility index (Phi) is 5.05. The zero-order valence-electron chi connectivity index (χ0n) is 11.6. The Balaban J connectivity index is 1.66. The first-order valence-electron chi connectivity index (χ1n) is 6.74. The molecule has 0 amide bonds. The molecule has 0 saturated heterocycles. The lowest BCUT2D eigenvalue weighted by atomic mass is 9.79. The molecule has 0 aromatic heterocycles. The molecule has 1 aliphatic rings. The van der Waals surface area contributed by atoms with E-state index in [1.165, 1.54) is 17.3 Å². The van der Waals surface area contributed by atoms with E-state index in [4.69, 9.17) is 28.5 Å². The van der Waals surface area contributed by atoms with E-state index in [2.05, 4.69) is 17.4 Å². The molecule has 0 saturated carbocycles. The minimum absolute atomic E-state index is 0.379. The number of anilines is 1. The van der Waals surface area contributed by atoms with Crippen molar-refractivity contribution in [1.82, 2.24) is 0 Å². The van der Waals surface area contributed by atoms with E-state index in [-0.39, 0.29) is 0 Å². The Bertz CT molecular complexity index is 699. The zero-order valence-corrected chi connectivity index (χ0v) is 14.0. The molecule has 1 aliphatic heterocycles. The van der Waals surface area contributed by atoms with Gasteiger partial charge in [0.05, 0.1) is 17.3 Å². The number of nitrogens with one attached hydrogen (secondary N) is 1. The lowest BCUT2D eigenvalue weighted by Gasteiger charge is -2.12. The molecule has 0 spiro atoms. The largest absolute Gasteiger partial charge is 0.493 e. The Labute approximate surface area is 144 Å². The highest BCUT2D eigenvalue weighted by Crippen LogP contribution is 2.26. The van der Waals surface area contributed by atoms with Crippen molar-refractivity contribution in [3.63, 3.8) is 0 Å². The van der Waals surface area contributed by atoms with Gasteiger partial charge in [-0.05, 0) is 17.2 Å². The summed E-state index contributed by atoms with van der Waals surface area (Å²) in [6.45, 7) is 0.379. The second-order valence-corrected chi connectivity index (χ2v) is 6.88. The fourth-order valence-corrected chi connectivity index (χ4v) is 3.53. The first kappa shape index (κ1) is 15.8. The summed E-state index contributed by atoms with van der Waals surface area (Å²) in [6.07, 6.45) is 0. The molecule has 112 valence electrons. The maximum absolute atomic E-state index is 9.80. The predicted molar refractivity (Wildman–Crippen MR) is 97.8 cm³/mol. The topological polar surface area (TPSA) is 41.5 Å². The second-order valence-electron chi connectivity index (χ2n) is 4.85. The third kappa shape index (κ3) is 3.47. The van der Waals surface area contributed by atoms with Crippen molar-refractivity contribution in [2.45, 2.75) is 12.4 Å². The number of hydrogen-bond acceptors (Lipinski definition) is 4. The zero-order chi connectivity index (χ0) is 15.5. The van der Waals surface area contributed by atoms with Gasteiger partial charge in [-0.3, -0.25) is 0 Å². The number of hydrogen-bond donors (Lipinski definition) is 2. The van der Waals surface area contributed by atoms with Crippen LogP contribution < -0.4 is 10.8 Å². The van der Waals surface area contributed by atoms with E-state index in [9.17, 15) is 5.02 Å². The van der Waals surface area contributed by atoms with E-state index in [1.807, 2.05) is 30.3 Å². The first-order chi connectivity index (χ1) is 10.6. The molecule has 3 rings (SSSR count). The number of rotatable bonds is 3. The molecule has 3 nitrogen and oxygen atoms in total. The lowest BCUT2D eigenvalue weighted by Crippen LogP contribution is -2.29.